The quantitative estimate of drug-likeness (QED) is 0.176. The summed E-state index contributed by atoms with van der Waals surface area (Å²) in [6.07, 6.45) is 0. The Balaban J connectivity index is 1.83. The average molecular weight is 400 g/mol. The van der Waals surface area contributed by atoms with Crippen molar-refractivity contribution in [2.24, 2.45) is 0 Å². The van der Waals surface area contributed by atoms with Crippen LogP contribution >= 0.6 is 0 Å². The van der Waals surface area contributed by atoms with Crippen LogP contribution < -0.4 is 0 Å². The fourth-order valence-electron chi connectivity index (χ4n) is 6.66. The van der Waals surface area contributed by atoms with Gasteiger partial charge < -0.3 is 0 Å². The van der Waals surface area contributed by atoms with E-state index < -0.39 is 0 Å². The normalized spacial score (nSPS) is 13.0. The molecule has 9 aromatic carbocycles. The second-order valence-corrected chi connectivity index (χ2v) is 9.28. The molecule has 0 aliphatic carbocycles. The summed E-state index contributed by atoms with van der Waals surface area (Å²) < 4.78 is 0. The third-order valence-corrected chi connectivity index (χ3v) is 7.82. The van der Waals surface area contributed by atoms with E-state index in [1.165, 1.54) is 86.2 Å². The molecule has 144 valence electrons. The van der Waals surface area contributed by atoms with Crippen molar-refractivity contribution < 1.29 is 0 Å². The van der Waals surface area contributed by atoms with E-state index in [2.05, 4.69) is 97.1 Å². The molecule has 0 aliphatic rings. The van der Waals surface area contributed by atoms with Crippen molar-refractivity contribution in [2.75, 3.05) is 0 Å². The molecule has 0 nitrogen and oxygen atoms in total. The molecule has 0 spiro atoms. The van der Waals surface area contributed by atoms with Crippen molar-refractivity contribution in [1.29, 1.82) is 0 Å². The Hall–Kier alpha value is -4.16. The predicted octanol–water partition coefficient (Wildman–Crippen LogP) is 9.23. The first-order valence-corrected chi connectivity index (χ1v) is 11.3. The summed E-state index contributed by atoms with van der Waals surface area (Å²) >= 11 is 0. The van der Waals surface area contributed by atoms with Crippen LogP contribution in [0.15, 0.2) is 97.1 Å². The van der Waals surface area contributed by atoms with Crippen molar-refractivity contribution in [3.63, 3.8) is 0 Å². The van der Waals surface area contributed by atoms with E-state index in [0.29, 0.717) is 0 Å². The van der Waals surface area contributed by atoms with E-state index in [4.69, 9.17) is 0 Å². The van der Waals surface area contributed by atoms with Crippen LogP contribution in [0.3, 0.4) is 0 Å². The Bertz CT molecular complexity index is 2180. The first kappa shape index (κ1) is 15.6. The van der Waals surface area contributed by atoms with E-state index in [1.54, 1.807) is 0 Å². The topological polar surface area (TPSA) is 0 Å². The largest absolute Gasteiger partial charge is 0.0616 e. The molecule has 9 aromatic rings. The Morgan fingerprint density at radius 3 is 1.66 bits per heavy atom. The molecule has 0 fully saturated rings. The molecule has 0 unspecified atom stereocenters. The second-order valence-electron chi connectivity index (χ2n) is 9.28. The Labute approximate surface area is 183 Å². The average Bonchev–Trinajstić information content (AvgIpc) is 2.85. The van der Waals surface area contributed by atoms with Crippen LogP contribution in [-0.2, 0) is 0 Å². The highest BCUT2D eigenvalue weighted by Crippen LogP contribution is 2.51. The first-order chi connectivity index (χ1) is 15.9. The summed E-state index contributed by atoms with van der Waals surface area (Å²) in [5.74, 6) is 0. The highest BCUT2D eigenvalue weighted by Gasteiger charge is 2.22. The van der Waals surface area contributed by atoms with Gasteiger partial charge in [0.2, 0.25) is 0 Å². The second kappa shape index (κ2) is 5.00. The molecule has 9 rings (SSSR count). The van der Waals surface area contributed by atoms with Gasteiger partial charge in [0.1, 0.15) is 0 Å². The van der Waals surface area contributed by atoms with Crippen LogP contribution in [0.25, 0.3) is 86.2 Å². The molecule has 0 saturated heterocycles. The Morgan fingerprint density at radius 1 is 0.250 bits per heavy atom. The van der Waals surface area contributed by atoms with Crippen LogP contribution in [-0.4, -0.2) is 0 Å². The van der Waals surface area contributed by atoms with E-state index in [1.807, 2.05) is 0 Å². The van der Waals surface area contributed by atoms with Gasteiger partial charge in [0, 0.05) is 0 Å². The summed E-state index contributed by atoms with van der Waals surface area (Å²) in [6.45, 7) is 0. The number of fused-ring (bicyclic) bond motifs is 4. The van der Waals surface area contributed by atoms with Gasteiger partial charge in [-0.05, 0) is 98.3 Å². The molecule has 32 heavy (non-hydrogen) atoms. The van der Waals surface area contributed by atoms with Crippen LogP contribution in [0, 0.1) is 0 Å². The lowest BCUT2D eigenvalue weighted by atomic mass is 9.80. The maximum atomic E-state index is 2.40. The zero-order valence-corrected chi connectivity index (χ0v) is 17.2. The van der Waals surface area contributed by atoms with Crippen LogP contribution in [0.1, 0.15) is 0 Å². The highest BCUT2D eigenvalue weighted by molar-refractivity contribution is 6.49. The Morgan fingerprint density at radius 2 is 0.812 bits per heavy atom. The highest BCUT2D eigenvalue weighted by atomic mass is 14.2. The lowest BCUT2D eigenvalue weighted by molar-refractivity contribution is 1.80. The molecule has 0 heteroatoms. The molecule has 0 aromatic heterocycles. The van der Waals surface area contributed by atoms with Gasteiger partial charge in [-0.2, -0.15) is 0 Å². The van der Waals surface area contributed by atoms with Crippen LogP contribution in [0.5, 0.6) is 0 Å². The summed E-state index contributed by atoms with van der Waals surface area (Å²) in [6, 6.07) is 36.6. The molecular formula is C32H16. The van der Waals surface area contributed by atoms with Gasteiger partial charge in [0.15, 0.2) is 0 Å². The maximum absolute atomic E-state index is 2.40. The lowest BCUT2D eigenvalue weighted by Crippen LogP contribution is -1.94. The van der Waals surface area contributed by atoms with Crippen LogP contribution in [0.2, 0.25) is 0 Å². The summed E-state index contributed by atoms with van der Waals surface area (Å²) in [5, 5.41) is 22.1. The fraction of sp³-hybridized carbons (Fsp3) is 0. The number of hydrogen-bond acceptors (Lipinski definition) is 0. The molecule has 0 aliphatic heterocycles. The van der Waals surface area contributed by atoms with Gasteiger partial charge in [0.25, 0.3) is 0 Å². The minimum atomic E-state index is 1.33. The van der Waals surface area contributed by atoms with Gasteiger partial charge in [-0.3, -0.25) is 0 Å². The fourth-order valence-corrected chi connectivity index (χ4v) is 6.66. The molecule has 0 atom stereocenters. The van der Waals surface area contributed by atoms with Crippen molar-refractivity contribution in [3.8, 4) is 0 Å². The van der Waals surface area contributed by atoms with Crippen molar-refractivity contribution in [3.05, 3.63) is 97.1 Å². The maximum Gasteiger partial charge on any atom is -0.000159 e. The molecule has 0 bridgehead atoms. The SMILES string of the molecule is c1cc2ccc3c4c5ccccc5c5cccc6cc7ccc8cc(c1)c2c3c8c7c4c65. The minimum absolute atomic E-state index is 1.33. The van der Waals surface area contributed by atoms with Gasteiger partial charge in [-0.15, -0.1) is 0 Å². The lowest BCUT2D eigenvalue weighted by Gasteiger charge is -2.22. The molecule has 0 heterocycles. The summed E-state index contributed by atoms with van der Waals surface area (Å²) in [7, 11) is 0. The summed E-state index contributed by atoms with van der Waals surface area (Å²) in [4.78, 5) is 0. The third kappa shape index (κ3) is 1.57. The van der Waals surface area contributed by atoms with Gasteiger partial charge >= 0.3 is 0 Å². The predicted molar refractivity (Wildman–Crippen MR) is 140 cm³/mol. The molecule has 0 radical (unpaired) electrons. The van der Waals surface area contributed by atoms with Gasteiger partial charge in [-0.25, -0.2) is 0 Å². The zero-order chi connectivity index (χ0) is 20.6. The standard InChI is InChI=1S/C32H16/c1-2-9-24-22(8-1)23-10-4-7-19-16-21-12-11-20-15-18-6-3-5-17-13-14-25-30(24)32(27(19)23)29(21)28(20)31(25)26(17)18/h1-16H. The molecular weight excluding hydrogens is 384 g/mol. The number of rotatable bonds is 0. The van der Waals surface area contributed by atoms with Gasteiger partial charge in [0.05, 0.1) is 0 Å². The zero-order valence-electron chi connectivity index (χ0n) is 17.2. The third-order valence-electron chi connectivity index (χ3n) is 7.82. The van der Waals surface area contributed by atoms with Crippen LogP contribution in [0.4, 0.5) is 0 Å². The monoisotopic (exact) mass is 400 g/mol. The number of hydrogen-bond donors (Lipinski definition) is 0. The van der Waals surface area contributed by atoms with Crippen molar-refractivity contribution in [1.82, 2.24) is 0 Å². The van der Waals surface area contributed by atoms with Crippen molar-refractivity contribution >= 4 is 86.2 Å². The molecule has 0 N–H and O–H groups in total. The smallest absolute Gasteiger partial charge is 0.000159 e. The first-order valence-electron chi connectivity index (χ1n) is 11.3. The Kier molecular flexibility index (Phi) is 2.44. The van der Waals surface area contributed by atoms with E-state index in [9.17, 15) is 0 Å². The molecule has 0 amide bonds. The summed E-state index contributed by atoms with van der Waals surface area (Å²) in [5.41, 5.74) is 0. The number of benzene rings is 9. The van der Waals surface area contributed by atoms with E-state index in [0.717, 1.165) is 0 Å². The van der Waals surface area contributed by atoms with Gasteiger partial charge in [-0.1, -0.05) is 84.9 Å². The van der Waals surface area contributed by atoms with Crippen molar-refractivity contribution in [2.45, 2.75) is 0 Å². The minimum Gasteiger partial charge on any atom is -0.0616 e. The molecule has 0 saturated carbocycles. The van der Waals surface area contributed by atoms with E-state index >= 15 is 0 Å². The van der Waals surface area contributed by atoms with E-state index in [-0.39, 0.29) is 0 Å².